The Kier molecular flexibility index (Phi) is 6.63. The van der Waals surface area contributed by atoms with Gasteiger partial charge in [-0.1, -0.05) is 24.8 Å². The lowest BCUT2D eigenvalue weighted by molar-refractivity contribution is -0.144. The zero-order chi connectivity index (χ0) is 17.5. The number of carbonyl (C=O) groups is 2. The Morgan fingerprint density at radius 1 is 1.30 bits per heavy atom. The summed E-state index contributed by atoms with van der Waals surface area (Å²) >= 11 is 0. The summed E-state index contributed by atoms with van der Waals surface area (Å²) < 4.78 is 10.2. The van der Waals surface area contributed by atoms with E-state index in [2.05, 4.69) is 11.9 Å². The highest BCUT2D eigenvalue weighted by molar-refractivity contribution is 5.81. The predicted molar refractivity (Wildman–Crippen MR) is 86.1 cm³/mol. The average Bonchev–Trinajstić information content (AvgIpc) is 2.44. The van der Waals surface area contributed by atoms with Gasteiger partial charge in [-0.25, -0.2) is 9.59 Å². The van der Waals surface area contributed by atoms with Crippen LogP contribution >= 0.6 is 0 Å². The molecular weight excluding hydrogens is 298 g/mol. The van der Waals surface area contributed by atoms with Crippen molar-refractivity contribution in [1.29, 1.82) is 0 Å². The second-order valence-corrected chi connectivity index (χ2v) is 5.99. The molecular formula is C17H23NO5. The van der Waals surface area contributed by atoms with Crippen molar-refractivity contribution in [3.05, 3.63) is 42.5 Å². The number of phenolic OH excluding ortho intramolecular Hbond substituents is 1. The second-order valence-electron chi connectivity index (χ2n) is 5.99. The third-order valence-corrected chi connectivity index (χ3v) is 2.70. The third-order valence-electron chi connectivity index (χ3n) is 2.70. The quantitative estimate of drug-likeness (QED) is 0.621. The topological polar surface area (TPSA) is 84.9 Å². The summed E-state index contributed by atoms with van der Waals surface area (Å²) in [5.41, 5.74) is 0.0949. The van der Waals surface area contributed by atoms with Gasteiger partial charge in [0.1, 0.15) is 24.0 Å². The van der Waals surface area contributed by atoms with Gasteiger partial charge in [0.2, 0.25) is 0 Å². The van der Waals surface area contributed by atoms with Crippen molar-refractivity contribution >= 4 is 12.1 Å². The van der Waals surface area contributed by atoms with E-state index >= 15 is 0 Å². The minimum absolute atomic E-state index is 0.0565. The summed E-state index contributed by atoms with van der Waals surface area (Å²) in [5, 5.41) is 11.8. The summed E-state index contributed by atoms with van der Waals surface area (Å²) in [5.74, 6) is -0.455. The molecule has 0 saturated heterocycles. The number of ether oxygens (including phenoxy) is 2. The number of hydrogen-bond acceptors (Lipinski definition) is 5. The SMILES string of the molecule is C=CCOC(=O)[C@H](Cc1ccc(O)cc1)NC(=O)OC(C)(C)C. The highest BCUT2D eigenvalue weighted by atomic mass is 16.6. The van der Waals surface area contributed by atoms with Crippen molar-refractivity contribution in [2.24, 2.45) is 0 Å². The molecule has 0 aliphatic heterocycles. The minimum atomic E-state index is -0.894. The molecule has 0 saturated carbocycles. The molecule has 0 radical (unpaired) electrons. The molecule has 23 heavy (non-hydrogen) atoms. The third kappa shape index (κ3) is 7.35. The summed E-state index contributed by atoms with van der Waals surface area (Å²) in [4.78, 5) is 24.0. The first-order valence-electron chi connectivity index (χ1n) is 7.26. The number of esters is 1. The number of benzene rings is 1. The molecule has 0 aliphatic rings. The fourth-order valence-corrected chi connectivity index (χ4v) is 1.75. The smallest absolute Gasteiger partial charge is 0.408 e. The van der Waals surface area contributed by atoms with Gasteiger partial charge in [-0.2, -0.15) is 0 Å². The standard InChI is InChI=1S/C17H23NO5/c1-5-10-22-15(20)14(18-16(21)23-17(2,3)4)11-12-6-8-13(19)9-7-12/h5-9,14,19H,1,10-11H2,2-4H3,(H,18,21)/t14-/m0/s1. The Morgan fingerprint density at radius 2 is 1.91 bits per heavy atom. The van der Waals surface area contributed by atoms with Crippen LogP contribution in [0.5, 0.6) is 5.75 Å². The molecule has 1 aromatic carbocycles. The number of phenols is 1. The molecule has 0 aliphatic carbocycles. The van der Waals surface area contributed by atoms with Gasteiger partial charge in [0.15, 0.2) is 0 Å². The molecule has 1 rings (SSSR count). The molecule has 0 aromatic heterocycles. The van der Waals surface area contributed by atoms with Crippen LogP contribution in [0, 0.1) is 0 Å². The first kappa shape index (κ1) is 18.5. The van der Waals surface area contributed by atoms with E-state index in [9.17, 15) is 14.7 Å². The molecule has 0 bridgehead atoms. The first-order valence-corrected chi connectivity index (χ1v) is 7.26. The monoisotopic (exact) mass is 321 g/mol. The van der Waals surface area contributed by atoms with Gasteiger partial charge >= 0.3 is 12.1 Å². The molecule has 126 valence electrons. The van der Waals surface area contributed by atoms with Crippen LogP contribution in [0.1, 0.15) is 26.3 Å². The lowest BCUT2D eigenvalue weighted by Gasteiger charge is -2.23. The van der Waals surface area contributed by atoms with E-state index in [1.54, 1.807) is 32.9 Å². The van der Waals surface area contributed by atoms with Crippen molar-refractivity contribution in [3.8, 4) is 5.75 Å². The highest BCUT2D eigenvalue weighted by Gasteiger charge is 2.25. The molecule has 1 amide bonds. The summed E-state index contributed by atoms with van der Waals surface area (Å²) in [6.45, 7) is 8.74. The van der Waals surface area contributed by atoms with Crippen LogP contribution in [-0.4, -0.2) is 35.4 Å². The predicted octanol–water partition coefficient (Wildman–Crippen LogP) is 2.56. The maximum Gasteiger partial charge on any atom is 0.408 e. The van der Waals surface area contributed by atoms with E-state index < -0.39 is 23.7 Å². The number of nitrogens with one attached hydrogen (secondary N) is 1. The fraction of sp³-hybridized carbons (Fsp3) is 0.412. The van der Waals surface area contributed by atoms with Gasteiger partial charge in [-0.15, -0.1) is 0 Å². The van der Waals surface area contributed by atoms with Gasteiger partial charge in [0, 0.05) is 6.42 Å². The van der Waals surface area contributed by atoms with E-state index in [-0.39, 0.29) is 18.8 Å². The number of hydrogen-bond donors (Lipinski definition) is 2. The molecule has 2 N–H and O–H groups in total. The van der Waals surface area contributed by atoms with Gasteiger partial charge < -0.3 is 19.9 Å². The molecule has 0 fully saturated rings. The Bertz CT molecular complexity index is 545. The van der Waals surface area contributed by atoms with Crippen LogP contribution < -0.4 is 5.32 Å². The maximum absolute atomic E-state index is 12.1. The molecule has 0 spiro atoms. The fourth-order valence-electron chi connectivity index (χ4n) is 1.75. The molecule has 0 unspecified atom stereocenters. The number of alkyl carbamates (subject to hydrolysis) is 1. The van der Waals surface area contributed by atoms with E-state index in [1.165, 1.54) is 18.2 Å². The van der Waals surface area contributed by atoms with Crippen molar-refractivity contribution in [1.82, 2.24) is 5.32 Å². The number of aromatic hydroxyl groups is 1. The second kappa shape index (κ2) is 8.22. The summed E-state index contributed by atoms with van der Waals surface area (Å²) in [6, 6.07) is 5.46. The molecule has 0 heterocycles. The molecule has 1 aromatic rings. The van der Waals surface area contributed by atoms with E-state index in [4.69, 9.17) is 9.47 Å². The average molecular weight is 321 g/mol. The first-order chi connectivity index (χ1) is 10.7. The molecule has 1 atom stereocenters. The normalized spacial score (nSPS) is 12.1. The van der Waals surface area contributed by atoms with Crippen LogP contribution in [0.25, 0.3) is 0 Å². The van der Waals surface area contributed by atoms with Gasteiger partial charge in [0.05, 0.1) is 0 Å². The van der Waals surface area contributed by atoms with Gasteiger partial charge in [-0.05, 0) is 38.5 Å². The zero-order valence-corrected chi connectivity index (χ0v) is 13.7. The molecule has 6 heteroatoms. The highest BCUT2D eigenvalue weighted by Crippen LogP contribution is 2.13. The lowest BCUT2D eigenvalue weighted by Crippen LogP contribution is -2.45. The lowest BCUT2D eigenvalue weighted by atomic mass is 10.1. The van der Waals surface area contributed by atoms with Crippen molar-refractivity contribution < 1.29 is 24.2 Å². The van der Waals surface area contributed by atoms with Crippen LogP contribution in [0.4, 0.5) is 4.79 Å². The van der Waals surface area contributed by atoms with Gasteiger partial charge in [0.25, 0.3) is 0 Å². The van der Waals surface area contributed by atoms with Crippen LogP contribution in [0.3, 0.4) is 0 Å². The Hall–Kier alpha value is -2.50. The van der Waals surface area contributed by atoms with Gasteiger partial charge in [-0.3, -0.25) is 0 Å². The Labute approximate surface area is 136 Å². The van der Waals surface area contributed by atoms with E-state index in [1.807, 2.05) is 0 Å². The minimum Gasteiger partial charge on any atom is -0.508 e. The molecule has 6 nitrogen and oxygen atoms in total. The van der Waals surface area contributed by atoms with Crippen LogP contribution in [0.15, 0.2) is 36.9 Å². The number of amides is 1. The zero-order valence-electron chi connectivity index (χ0n) is 13.7. The van der Waals surface area contributed by atoms with Crippen LogP contribution in [-0.2, 0) is 20.7 Å². The summed E-state index contributed by atoms with van der Waals surface area (Å²) in [6.07, 6.45) is 0.968. The largest absolute Gasteiger partial charge is 0.508 e. The van der Waals surface area contributed by atoms with Crippen molar-refractivity contribution in [3.63, 3.8) is 0 Å². The Balaban J connectivity index is 2.79. The number of carbonyl (C=O) groups excluding carboxylic acids is 2. The number of rotatable bonds is 6. The van der Waals surface area contributed by atoms with Crippen molar-refractivity contribution in [2.75, 3.05) is 6.61 Å². The van der Waals surface area contributed by atoms with E-state index in [0.717, 1.165) is 5.56 Å². The Morgan fingerprint density at radius 3 is 2.43 bits per heavy atom. The maximum atomic E-state index is 12.1. The van der Waals surface area contributed by atoms with Crippen molar-refractivity contribution in [2.45, 2.75) is 38.8 Å². The van der Waals surface area contributed by atoms with E-state index in [0.29, 0.717) is 0 Å². The summed E-state index contributed by atoms with van der Waals surface area (Å²) in [7, 11) is 0. The van der Waals surface area contributed by atoms with Crippen LogP contribution in [0.2, 0.25) is 0 Å².